The zero-order valence-corrected chi connectivity index (χ0v) is 17.0. The van der Waals surface area contributed by atoms with E-state index in [0.29, 0.717) is 6.54 Å². The first-order chi connectivity index (χ1) is 15.5. The second-order valence-electron chi connectivity index (χ2n) is 7.29. The van der Waals surface area contributed by atoms with Gasteiger partial charge in [0, 0.05) is 0 Å². The molecule has 0 aliphatic carbocycles. The van der Waals surface area contributed by atoms with E-state index in [9.17, 15) is 9.59 Å². The Bertz CT molecular complexity index is 1390. The van der Waals surface area contributed by atoms with Crippen LogP contribution in [0.2, 0.25) is 0 Å². The normalized spacial score (nSPS) is 13.6. The minimum atomic E-state index is -0.379. The maximum absolute atomic E-state index is 13.0. The lowest BCUT2D eigenvalue weighted by Crippen LogP contribution is -2.31. The van der Waals surface area contributed by atoms with Gasteiger partial charge in [-0.2, -0.15) is 4.80 Å². The van der Waals surface area contributed by atoms with E-state index < -0.39 is 0 Å². The minimum absolute atomic E-state index is 0.277. The molecule has 2 atom stereocenters. The number of benzene rings is 1. The van der Waals surface area contributed by atoms with Crippen molar-refractivity contribution in [3.63, 3.8) is 0 Å². The zero-order chi connectivity index (χ0) is 22.2. The first-order valence-electron chi connectivity index (χ1n) is 9.61. The average Bonchev–Trinajstić information content (AvgIpc) is 3.48. The van der Waals surface area contributed by atoms with Crippen LogP contribution in [0.4, 0.5) is 0 Å². The predicted molar refractivity (Wildman–Crippen MR) is 106 cm³/mol. The fourth-order valence-corrected chi connectivity index (χ4v) is 3.38. The van der Waals surface area contributed by atoms with Gasteiger partial charge in [0.25, 0.3) is 11.1 Å². The summed E-state index contributed by atoms with van der Waals surface area (Å²) < 4.78 is 3.98. The molecule has 32 heavy (non-hydrogen) atoms. The number of hydrogen-bond donors (Lipinski definition) is 0. The molecular weight excluding hydrogens is 420 g/mol. The molecule has 4 aromatic heterocycles. The van der Waals surface area contributed by atoms with E-state index >= 15 is 0 Å². The van der Waals surface area contributed by atoms with Crippen LogP contribution in [0.3, 0.4) is 0 Å². The molecule has 0 N–H and O–H groups in total. The van der Waals surface area contributed by atoms with Gasteiger partial charge in [0.15, 0.2) is 6.33 Å². The van der Waals surface area contributed by atoms with Crippen LogP contribution in [0.5, 0.6) is 0 Å². The maximum atomic E-state index is 13.0. The molecular formula is C16H16N14O2. The standard InChI is InChI=1S/C16H16N14O2/c1-9(5-27-8-18-22-26-27)29-15(31)11-3-14-12(4-13(11)20-24-29)16(32)30(25-21-14)10(2)6-28-19-7-17-23-28/h3-4,7-10H,5-6H2,1-2H3/t9-,10-/m1/s1. The summed E-state index contributed by atoms with van der Waals surface area (Å²) in [5.41, 5.74) is -0.165. The van der Waals surface area contributed by atoms with Crippen LogP contribution >= 0.6 is 0 Å². The second kappa shape index (κ2) is 7.64. The van der Waals surface area contributed by atoms with Gasteiger partial charge in [-0.1, -0.05) is 10.4 Å². The smallest absolute Gasteiger partial charge is 0.267 e. The summed E-state index contributed by atoms with van der Waals surface area (Å²) in [6.07, 6.45) is 2.76. The zero-order valence-electron chi connectivity index (χ0n) is 17.0. The van der Waals surface area contributed by atoms with Gasteiger partial charge in [-0.25, -0.2) is 14.0 Å². The number of hydrogen-bond acceptors (Lipinski definition) is 12. The van der Waals surface area contributed by atoms with Gasteiger partial charge < -0.3 is 0 Å². The molecule has 0 amide bonds. The molecule has 0 unspecified atom stereocenters. The number of tetrazole rings is 2. The average molecular weight is 436 g/mol. The van der Waals surface area contributed by atoms with Crippen molar-refractivity contribution in [1.29, 1.82) is 0 Å². The monoisotopic (exact) mass is 436 g/mol. The Labute approximate surface area is 177 Å². The van der Waals surface area contributed by atoms with Crippen molar-refractivity contribution in [3.8, 4) is 0 Å². The highest BCUT2D eigenvalue weighted by Gasteiger charge is 2.17. The highest BCUT2D eigenvalue weighted by atomic mass is 16.1. The molecule has 4 heterocycles. The van der Waals surface area contributed by atoms with Crippen LogP contribution in [0.15, 0.2) is 34.4 Å². The molecule has 0 radical (unpaired) electrons. The predicted octanol–water partition coefficient (Wildman–Crippen LogP) is -1.61. The molecule has 0 bridgehead atoms. The second-order valence-corrected chi connectivity index (χ2v) is 7.29. The number of fused-ring (bicyclic) bond motifs is 2. The Morgan fingerprint density at radius 3 is 1.97 bits per heavy atom. The quantitative estimate of drug-likeness (QED) is 0.278. The lowest BCUT2D eigenvalue weighted by molar-refractivity contribution is 0.354. The van der Waals surface area contributed by atoms with E-state index in [-0.39, 0.29) is 51.6 Å². The van der Waals surface area contributed by atoms with Crippen molar-refractivity contribution < 1.29 is 0 Å². The van der Waals surface area contributed by atoms with Gasteiger partial charge >= 0.3 is 0 Å². The Hall–Kier alpha value is -4.50. The SMILES string of the molecule is C[C@H](Cn1cnnn1)n1nnc2cc3c(=O)n([C@H](C)Cn4ncnn4)nnc3cc2c1=O. The van der Waals surface area contributed by atoms with E-state index in [1.54, 1.807) is 13.8 Å². The van der Waals surface area contributed by atoms with E-state index in [1.165, 1.54) is 43.6 Å². The molecule has 16 nitrogen and oxygen atoms in total. The van der Waals surface area contributed by atoms with Crippen molar-refractivity contribution in [2.75, 3.05) is 0 Å². The Kier molecular flexibility index (Phi) is 4.65. The summed E-state index contributed by atoms with van der Waals surface area (Å²) in [6.45, 7) is 4.21. The molecule has 0 fully saturated rings. The van der Waals surface area contributed by atoms with Crippen LogP contribution in [0.1, 0.15) is 25.9 Å². The van der Waals surface area contributed by atoms with E-state index in [4.69, 9.17) is 0 Å². The molecule has 1 aromatic carbocycles. The summed E-state index contributed by atoms with van der Waals surface area (Å²) in [4.78, 5) is 27.4. The third kappa shape index (κ3) is 3.36. The highest BCUT2D eigenvalue weighted by molar-refractivity contribution is 5.93. The third-order valence-electron chi connectivity index (χ3n) is 4.99. The topological polar surface area (TPSA) is 183 Å². The molecule has 0 saturated heterocycles. The molecule has 5 rings (SSSR count). The Morgan fingerprint density at radius 1 is 0.812 bits per heavy atom. The van der Waals surface area contributed by atoms with Crippen LogP contribution in [0, 0.1) is 0 Å². The summed E-state index contributed by atoms with van der Waals surface area (Å²) in [7, 11) is 0. The van der Waals surface area contributed by atoms with E-state index in [2.05, 4.69) is 51.6 Å². The van der Waals surface area contributed by atoms with Gasteiger partial charge in [0.05, 0.1) is 35.9 Å². The van der Waals surface area contributed by atoms with Gasteiger partial charge in [-0.3, -0.25) is 9.59 Å². The van der Waals surface area contributed by atoms with Gasteiger partial charge in [-0.05, 0) is 41.6 Å². The molecule has 0 spiro atoms. The van der Waals surface area contributed by atoms with Crippen molar-refractivity contribution in [2.24, 2.45) is 0 Å². The van der Waals surface area contributed by atoms with Gasteiger partial charge in [-0.15, -0.1) is 25.5 Å². The first kappa shape index (κ1) is 19.5. The Balaban J connectivity index is 1.54. The third-order valence-corrected chi connectivity index (χ3v) is 4.99. The number of rotatable bonds is 6. The Morgan fingerprint density at radius 2 is 1.44 bits per heavy atom. The number of nitrogens with zero attached hydrogens (tertiary/aromatic N) is 14. The molecule has 0 aliphatic rings. The van der Waals surface area contributed by atoms with Crippen molar-refractivity contribution in [1.82, 2.24) is 70.4 Å². The summed E-state index contributed by atoms with van der Waals surface area (Å²) >= 11 is 0. The molecule has 0 aliphatic heterocycles. The van der Waals surface area contributed by atoms with Crippen LogP contribution in [-0.4, -0.2) is 70.4 Å². The first-order valence-corrected chi connectivity index (χ1v) is 9.61. The maximum Gasteiger partial charge on any atom is 0.277 e. The van der Waals surface area contributed by atoms with Crippen molar-refractivity contribution in [3.05, 3.63) is 45.5 Å². The summed E-state index contributed by atoms with van der Waals surface area (Å²) in [5, 5.41) is 39.2. The molecule has 0 saturated carbocycles. The molecule has 162 valence electrons. The van der Waals surface area contributed by atoms with Gasteiger partial charge in [0.2, 0.25) is 0 Å². The fourth-order valence-electron chi connectivity index (χ4n) is 3.38. The lowest BCUT2D eigenvalue weighted by atomic mass is 10.1. The fraction of sp³-hybridized carbons (Fsp3) is 0.375. The lowest BCUT2D eigenvalue weighted by Gasteiger charge is -2.14. The minimum Gasteiger partial charge on any atom is -0.267 e. The van der Waals surface area contributed by atoms with Crippen molar-refractivity contribution >= 4 is 21.8 Å². The van der Waals surface area contributed by atoms with Crippen LogP contribution in [0.25, 0.3) is 21.8 Å². The number of aromatic nitrogens is 14. The largest absolute Gasteiger partial charge is 0.277 e. The van der Waals surface area contributed by atoms with E-state index in [0.717, 1.165) is 0 Å². The summed E-state index contributed by atoms with van der Waals surface area (Å²) in [5.74, 6) is 0. The van der Waals surface area contributed by atoms with E-state index in [1.807, 2.05) is 0 Å². The summed E-state index contributed by atoms with van der Waals surface area (Å²) in [6, 6.07) is 2.27. The van der Waals surface area contributed by atoms with Crippen LogP contribution < -0.4 is 11.1 Å². The van der Waals surface area contributed by atoms with Crippen LogP contribution in [-0.2, 0) is 13.1 Å². The highest BCUT2D eigenvalue weighted by Crippen LogP contribution is 2.15. The van der Waals surface area contributed by atoms with Gasteiger partial charge in [0.1, 0.15) is 17.4 Å². The molecule has 5 aromatic rings. The molecule has 16 heteroatoms. The van der Waals surface area contributed by atoms with Crippen molar-refractivity contribution in [2.45, 2.75) is 39.0 Å².